The highest BCUT2D eigenvalue weighted by Crippen LogP contribution is 2.27. The van der Waals surface area contributed by atoms with E-state index >= 15 is 0 Å². The minimum absolute atomic E-state index is 0.0845. The molecule has 1 saturated heterocycles. The lowest BCUT2D eigenvalue weighted by Crippen LogP contribution is -2.25. The Morgan fingerprint density at radius 2 is 1.73 bits per heavy atom. The number of benzene rings is 1. The number of nitrogens with zero attached hydrogens (tertiary/aromatic N) is 1. The zero-order valence-corrected chi connectivity index (χ0v) is 13.4. The van der Waals surface area contributed by atoms with Crippen LogP contribution in [0.25, 0.3) is 0 Å². The first-order chi connectivity index (χ1) is 10.6. The fourth-order valence-electron chi connectivity index (χ4n) is 3.25. The number of hydrogen-bond acceptors (Lipinski definition) is 3. The molecule has 120 valence electrons. The summed E-state index contributed by atoms with van der Waals surface area (Å²) in [5.74, 6) is 0.418. The molecule has 2 aliphatic rings. The largest absolute Gasteiger partial charge is 0.326 e. The lowest BCUT2D eigenvalue weighted by Gasteiger charge is -2.21. The fraction of sp³-hybridized carbons (Fsp3) is 0.562. The van der Waals surface area contributed by atoms with Gasteiger partial charge in [-0.2, -0.15) is 0 Å². The Morgan fingerprint density at radius 3 is 2.32 bits per heavy atom. The van der Waals surface area contributed by atoms with E-state index in [4.69, 9.17) is 0 Å². The van der Waals surface area contributed by atoms with Gasteiger partial charge in [-0.1, -0.05) is 19.3 Å². The van der Waals surface area contributed by atoms with Gasteiger partial charge in [0.25, 0.3) is 0 Å². The molecule has 0 unspecified atom stereocenters. The summed E-state index contributed by atoms with van der Waals surface area (Å²) >= 11 is 0. The molecule has 0 radical (unpaired) electrons. The van der Waals surface area contributed by atoms with Crippen molar-refractivity contribution < 1.29 is 13.2 Å². The molecule has 22 heavy (non-hydrogen) atoms. The van der Waals surface area contributed by atoms with Crippen LogP contribution >= 0.6 is 0 Å². The average molecular weight is 322 g/mol. The second kappa shape index (κ2) is 6.28. The van der Waals surface area contributed by atoms with Crippen LogP contribution in [0.2, 0.25) is 0 Å². The van der Waals surface area contributed by atoms with Crippen molar-refractivity contribution in [1.29, 1.82) is 0 Å². The van der Waals surface area contributed by atoms with Crippen molar-refractivity contribution in [3.05, 3.63) is 24.3 Å². The van der Waals surface area contributed by atoms with Crippen LogP contribution in [0.3, 0.4) is 0 Å². The Bertz CT molecular complexity index is 634. The molecule has 1 aliphatic carbocycles. The third-order valence-corrected chi connectivity index (χ3v) is 6.37. The molecule has 0 atom stereocenters. The van der Waals surface area contributed by atoms with Gasteiger partial charge in [-0.05, 0) is 43.5 Å². The summed E-state index contributed by atoms with van der Waals surface area (Å²) in [6.07, 6.45) is 6.09. The molecule has 0 aromatic heterocycles. The van der Waals surface area contributed by atoms with Crippen LogP contribution in [0.15, 0.2) is 24.3 Å². The summed E-state index contributed by atoms with van der Waals surface area (Å²) < 4.78 is 25.2. The SMILES string of the molecule is O=C(Nc1ccc(N2CCCS2(=O)=O)cc1)C1CCCCC1. The van der Waals surface area contributed by atoms with E-state index in [0.717, 1.165) is 31.4 Å². The van der Waals surface area contributed by atoms with Gasteiger partial charge in [0, 0.05) is 18.2 Å². The lowest BCUT2D eigenvalue weighted by molar-refractivity contribution is -0.120. The predicted molar refractivity (Wildman–Crippen MR) is 87.4 cm³/mol. The van der Waals surface area contributed by atoms with Gasteiger partial charge in [0.15, 0.2) is 0 Å². The highest BCUT2D eigenvalue weighted by molar-refractivity contribution is 7.93. The molecule has 0 bridgehead atoms. The van der Waals surface area contributed by atoms with E-state index in [-0.39, 0.29) is 17.6 Å². The van der Waals surface area contributed by atoms with Gasteiger partial charge in [0.05, 0.1) is 11.4 Å². The Morgan fingerprint density at radius 1 is 1.05 bits per heavy atom. The van der Waals surface area contributed by atoms with Crippen LogP contribution in [0.4, 0.5) is 11.4 Å². The highest BCUT2D eigenvalue weighted by atomic mass is 32.2. The molecule has 0 spiro atoms. The third-order valence-electron chi connectivity index (χ3n) is 4.50. The Labute approximate surface area is 131 Å². The second-order valence-electron chi connectivity index (χ2n) is 6.11. The maximum atomic E-state index is 12.2. The smallest absolute Gasteiger partial charge is 0.235 e. The Kier molecular flexibility index (Phi) is 4.38. The van der Waals surface area contributed by atoms with Crippen molar-refractivity contribution >= 4 is 27.3 Å². The summed E-state index contributed by atoms with van der Waals surface area (Å²) in [6, 6.07) is 7.09. The van der Waals surface area contributed by atoms with Crippen LogP contribution < -0.4 is 9.62 Å². The molecular weight excluding hydrogens is 300 g/mol. The Hall–Kier alpha value is -1.56. The maximum Gasteiger partial charge on any atom is 0.235 e. The molecule has 1 heterocycles. The van der Waals surface area contributed by atoms with Crippen molar-refractivity contribution in [3.63, 3.8) is 0 Å². The van der Waals surface area contributed by atoms with Gasteiger partial charge in [-0.3, -0.25) is 9.10 Å². The number of amides is 1. The molecule has 1 aromatic rings. The minimum Gasteiger partial charge on any atom is -0.326 e. The molecule has 6 heteroatoms. The second-order valence-corrected chi connectivity index (χ2v) is 8.13. The number of carbonyl (C=O) groups excluding carboxylic acids is 1. The van der Waals surface area contributed by atoms with Gasteiger partial charge < -0.3 is 5.32 Å². The van der Waals surface area contributed by atoms with E-state index in [0.29, 0.717) is 18.7 Å². The summed E-state index contributed by atoms with van der Waals surface area (Å²) in [4.78, 5) is 12.2. The van der Waals surface area contributed by atoms with E-state index < -0.39 is 10.0 Å². The van der Waals surface area contributed by atoms with Gasteiger partial charge in [0.1, 0.15) is 0 Å². The average Bonchev–Trinajstić information content (AvgIpc) is 2.88. The van der Waals surface area contributed by atoms with Crippen molar-refractivity contribution in [2.45, 2.75) is 38.5 Å². The number of anilines is 2. The first-order valence-corrected chi connectivity index (χ1v) is 9.58. The molecule has 1 amide bonds. The molecule has 1 aliphatic heterocycles. The predicted octanol–water partition coefficient (Wildman–Crippen LogP) is 2.75. The summed E-state index contributed by atoms with van der Waals surface area (Å²) in [7, 11) is -3.15. The summed E-state index contributed by atoms with van der Waals surface area (Å²) in [5.41, 5.74) is 1.41. The van der Waals surface area contributed by atoms with Crippen LogP contribution in [0, 0.1) is 5.92 Å². The van der Waals surface area contributed by atoms with E-state index in [1.807, 2.05) is 0 Å². The third kappa shape index (κ3) is 3.27. The lowest BCUT2D eigenvalue weighted by atomic mass is 9.88. The van der Waals surface area contributed by atoms with E-state index in [2.05, 4.69) is 5.32 Å². The van der Waals surface area contributed by atoms with Crippen LogP contribution in [0.5, 0.6) is 0 Å². The van der Waals surface area contributed by atoms with E-state index in [1.54, 1.807) is 24.3 Å². The molecule has 5 nitrogen and oxygen atoms in total. The first-order valence-electron chi connectivity index (χ1n) is 7.98. The fourth-order valence-corrected chi connectivity index (χ4v) is 4.81. The van der Waals surface area contributed by atoms with E-state index in [1.165, 1.54) is 10.7 Å². The topological polar surface area (TPSA) is 66.5 Å². The van der Waals surface area contributed by atoms with E-state index in [9.17, 15) is 13.2 Å². The van der Waals surface area contributed by atoms with Gasteiger partial charge >= 0.3 is 0 Å². The zero-order chi connectivity index (χ0) is 15.6. The van der Waals surface area contributed by atoms with Crippen molar-refractivity contribution in [2.75, 3.05) is 21.9 Å². The monoisotopic (exact) mass is 322 g/mol. The van der Waals surface area contributed by atoms with Crippen LogP contribution in [-0.4, -0.2) is 26.6 Å². The number of carbonyl (C=O) groups is 1. The summed E-state index contributed by atoms with van der Waals surface area (Å²) in [5, 5.41) is 2.94. The number of rotatable bonds is 3. The van der Waals surface area contributed by atoms with Crippen LogP contribution in [0.1, 0.15) is 38.5 Å². The normalized spacial score (nSPS) is 21.7. The molecular formula is C16H22N2O3S. The number of sulfonamides is 1. The summed E-state index contributed by atoms with van der Waals surface area (Å²) in [6.45, 7) is 0.538. The van der Waals surface area contributed by atoms with Gasteiger partial charge in [-0.15, -0.1) is 0 Å². The molecule has 2 fully saturated rings. The quantitative estimate of drug-likeness (QED) is 0.930. The standard InChI is InChI=1S/C16H22N2O3S/c19-16(13-5-2-1-3-6-13)17-14-7-9-15(10-8-14)18-11-4-12-22(18,20)21/h7-10,13H,1-6,11-12H2,(H,17,19). The number of nitrogens with one attached hydrogen (secondary N) is 1. The molecule has 1 N–H and O–H groups in total. The molecule has 1 saturated carbocycles. The van der Waals surface area contributed by atoms with Gasteiger partial charge in [-0.25, -0.2) is 8.42 Å². The van der Waals surface area contributed by atoms with Crippen molar-refractivity contribution in [1.82, 2.24) is 0 Å². The maximum absolute atomic E-state index is 12.2. The molecule has 3 rings (SSSR count). The van der Waals surface area contributed by atoms with Crippen molar-refractivity contribution in [3.8, 4) is 0 Å². The Balaban J connectivity index is 1.65. The molecule has 1 aromatic carbocycles. The van der Waals surface area contributed by atoms with Crippen LogP contribution in [-0.2, 0) is 14.8 Å². The zero-order valence-electron chi connectivity index (χ0n) is 12.6. The number of hydrogen-bond donors (Lipinski definition) is 1. The minimum atomic E-state index is -3.15. The highest BCUT2D eigenvalue weighted by Gasteiger charge is 2.28. The van der Waals surface area contributed by atoms with Gasteiger partial charge in [0.2, 0.25) is 15.9 Å². The first kappa shape index (κ1) is 15.3. The van der Waals surface area contributed by atoms with Crippen molar-refractivity contribution in [2.24, 2.45) is 5.92 Å².